The van der Waals surface area contributed by atoms with E-state index in [1.807, 2.05) is 61.6 Å². The minimum Gasteiger partial charge on any atom is -0.466 e. The first kappa shape index (κ1) is 45.8. The van der Waals surface area contributed by atoms with Crippen molar-refractivity contribution in [1.29, 1.82) is 0 Å². The van der Waals surface area contributed by atoms with Gasteiger partial charge in [0.2, 0.25) is 0 Å². The topological polar surface area (TPSA) is 119 Å². The lowest BCUT2D eigenvalue weighted by Gasteiger charge is -2.54. The average molecular weight is 797 g/mol. The molecule has 1 N–H and O–H groups in total. The highest BCUT2D eigenvalue weighted by molar-refractivity contribution is 6.76. The number of benzene rings is 1. The molecule has 1 heterocycles. The van der Waals surface area contributed by atoms with Gasteiger partial charge in [-0.25, -0.2) is 4.79 Å². The van der Waals surface area contributed by atoms with Crippen LogP contribution in [-0.4, -0.2) is 84.5 Å². The quantitative estimate of drug-likeness (QED) is 0.0262. The lowest BCUT2D eigenvalue weighted by atomic mass is 9.52. The van der Waals surface area contributed by atoms with Gasteiger partial charge in [0.25, 0.3) is 0 Å². The van der Waals surface area contributed by atoms with Gasteiger partial charge in [-0.15, -0.1) is 0 Å². The fraction of sp³-hybridized carbons (Fsp3) is 0.644. The molecule has 1 aliphatic heterocycles. The first-order valence-electron chi connectivity index (χ1n) is 20.4. The van der Waals surface area contributed by atoms with Gasteiger partial charge in [-0.05, 0) is 64.8 Å². The van der Waals surface area contributed by atoms with Gasteiger partial charge in [0.15, 0.2) is 13.1 Å². The van der Waals surface area contributed by atoms with Crippen molar-refractivity contribution in [2.75, 3.05) is 41.0 Å². The van der Waals surface area contributed by atoms with Gasteiger partial charge >= 0.3 is 11.9 Å². The van der Waals surface area contributed by atoms with E-state index in [0.717, 1.165) is 36.4 Å². The summed E-state index contributed by atoms with van der Waals surface area (Å²) in [6.45, 7) is 15.9. The van der Waals surface area contributed by atoms with Gasteiger partial charge in [-0.3, -0.25) is 4.79 Å². The number of carbonyl (C=O) groups is 2. The van der Waals surface area contributed by atoms with E-state index in [4.69, 9.17) is 33.2 Å². The van der Waals surface area contributed by atoms with Crippen molar-refractivity contribution in [2.24, 2.45) is 35.0 Å². The molecule has 10 nitrogen and oxygen atoms in total. The molecule has 0 amide bonds. The molecule has 312 valence electrons. The highest BCUT2D eigenvalue weighted by atomic mass is 28.3. The van der Waals surface area contributed by atoms with E-state index in [1.165, 1.54) is 7.11 Å². The lowest BCUT2D eigenvalue weighted by Crippen LogP contribution is -2.56. The minimum absolute atomic E-state index is 0.00141. The van der Waals surface area contributed by atoms with Crippen molar-refractivity contribution in [1.82, 2.24) is 0 Å². The third-order valence-corrected chi connectivity index (χ3v) is 13.3. The van der Waals surface area contributed by atoms with E-state index in [0.29, 0.717) is 31.6 Å². The normalized spacial score (nSPS) is 28.6. The molecule has 2 fully saturated rings. The van der Waals surface area contributed by atoms with Crippen LogP contribution in [0.15, 0.2) is 77.9 Å². The summed E-state index contributed by atoms with van der Waals surface area (Å²) >= 11 is 0. The number of esters is 2. The molecule has 0 aromatic heterocycles. The van der Waals surface area contributed by atoms with Crippen LogP contribution in [-0.2, 0) is 42.7 Å². The summed E-state index contributed by atoms with van der Waals surface area (Å²) in [6.07, 6.45) is 14.3. The van der Waals surface area contributed by atoms with E-state index in [2.05, 4.69) is 45.6 Å². The molecule has 4 rings (SSSR count). The highest BCUT2D eigenvalue weighted by Crippen LogP contribution is 2.57. The third-order valence-electron chi connectivity index (χ3n) is 11.6. The largest absolute Gasteiger partial charge is 0.466 e. The lowest BCUT2D eigenvalue weighted by molar-refractivity contribution is -0.268. The second kappa shape index (κ2) is 21.7. The van der Waals surface area contributed by atoms with Crippen molar-refractivity contribution in [2.45, 2.75) is 110 Å². The van der Waals surface area contributed by atoms with Crippen LogP contribution in [0.1, 0.15) is 71.7 Å². The maximum atomic E-state index is 14.4. The number of fused-ring (bicyclic) bond motifs is 3. The summed E-state index contributed by atoms with van der Waals surface area (Å²) in [5.41, 5.74) is 1.61. The van der Waals surface area contributed by atoms with Crippen LogP contribution >= 0.6 is 0 Å². The Morgan fingerprint density at radius 3 is 2.50 bits per heavy atom. The summed E-state index contributed by atoms with van der Waals surface area (Å²) in [7, 11) is 1.60. The molecule has 10 atom stereocenters. The Balaban J connectivity index is 1.60. The molecule has 1 saturated heterocycles. The molecule has 1 saturated carbocycles. The van der Waals surface area contributed by atoms with Gasteiger partial charge in [-0.1, -0.05) is 98.9 Å². The smallest absolute Gasteiger partial charge is 0.336 e. The molecule has 1 aromatic rings. The fourth-order valence-electron chi connectivity index (χ4n) is 8.48. The monoisotopic (exact) mass is 796 g/mol. The molecule has 0 radical (unpaired) electrons. The zero-order valence-electron chi connectivity index (χ0n) is 35.2. The molecule has 56 heavy (non-hydrogen) atoms. The van der Waals surface area contributed by atoms with Gasteiger partial charge < -0.3 is 38.3 Å². The maximum Gasteiger partial charge on any atom is 0.336 e. The van der Waals surface area contributed by atoms with Crippen LogP contribution in [0.5, 0.6) is 0 Å². The molecule has 2 aliphatic carbocycles. The molecule has 0 spiro atoms. The fourth-order valence-corrected chi connectivity index (χ4v) is 9.23. The Morgan fingerprint density at radius 2 is 1.82 bits per heavy atom. The van der Waals surface area contributed by atoms with E-state index >= 15 is 0 Å². The maximum absolute atomic E-state index is 14.4. The second-order valence-electron chi connectivity index (χ2n) is 17.2. The summed E-state index contributed by atoms with van der Waals surface area (Å²) in [6, 6.07) is 11.0. The number of hydrogen-bond donors (Lipinski definition) is 1. The van der Waals surface area contributed by atoms with E-state index in [-0.39, 0.29) is 55.2 Å². The molecule has 11 heteroatoms. The summed E-state index contributed by atoms with van der Waals surface area (Å²) in [5, 5.41) is 9.70. The Labute approximate surface area is 336 Å². The van der Waals surface area contributed by atoms with E-state index in [9.17, 15) is 14.7 Å². The first-order valence-corrected chi connectivity index (χ1v) is 24.1. The standard InChI is InChI=1S/C45H68O10Si/c1-31(40(53-29-49-5)36(42(47)50-6)21-15-14-18-33(3)46)17-13-16-22-38-32(2)27-37-39(45(38,4)44(48)54-30-51-25-26-56(7,8)9)24-23-35-28-52-43(55-41(35)37)34-19-11-10-12-20-34/h10-13,16-17,19-22,27,31,33,35,37-41,43,46H,14-15,18,23-26,28-30H2,1-9H3/b17-13+,22-16+,36-21-/t31-,33+,35+,37+,38-,39-,40+,41+,43+,45-/m0/s1. The van der Waals surface area contributed by atoms with Crippen molar-refractivity contribution in [3.63, 3.8) is 0 Å². The average Bonchev–Trinajstić information content (AvgIpc) is 3.17. The Kier molecular flexibility index (Phi) is 17.8. The second-order valence-corrected chi connectivity index (χ2v) is 22.8. The number of aliphatic hydroxyl groups is 1. The summed E-state index contributed by atoms with van der Waals surface area (Å²) in [4.78, 5) is 27.4. The van der Waals surface area contributed by atoms with E-state index < -0.39 is 38.0 Å². The van der Waals surface area contributed by atoms with Crippen LogP contribution in [0.3, 0.4) is 0 Å². The number of rotatable bonds is 20. The van der Waals surface area contributed by atoms with Crippen LogP contribution in [0.2, 0.25) is 25.7 Å². The Bertz CT molecular complexity index is 1510. The zero-order valence-corrected chi connectivity index (χ0v) is 36.2. The van der Waals surface area contributed by atoms with Crippen LogP contribution in [0, 0.1) is 35.0 Å². The number of ether oxygens (including phenoxy) is 7. The Morgan fingerprint density at radius 1 is 1.07 bits per heavy atom. The van der Waals surface area contributed by atoms with Crippen molar-refractivity contribution in [3.8, 4) is 0 Å². The van der Waals surface area contributed by atoms with Gasteiger partial charge in [0, 0.05) is 51.0 Å². The zero-order chi connectivity index (χ0) is 40.9. The third kappa shape index (κ3) is 12.3. The molecule has 3 aliphatic rings. The van der Waals surface area contributed by atoms with Crippen LogP contribution < -0.4 is 0 Å². The number of methoxy groups -OCH3 is 2. The summed E-state index contributed by atoms with van der Waals surface area (Å²) in [5.74, 6) is -0.973. The number of carbonyl (C=O) groups excluding carboxylic acids is 2. The Hall–Kier alpha value is -2.90. The van der Waals surface area contributed by atoms with Gasteiger partial charge in [-0.2, -0.15) is 0 Å². The van der Waals surface area contributed by atoms with Crippen molar-refractivity contribution >= 4 is 20.0 Å². The number of allylic oxidation sites excluding steroid dienone is 5. The summed E-state index contributed by atoms with van der Waals surface area (Å²) < 4.78 is 41.3. The van der Waals surface area contributed by atoms with Gasteiger partial charge in [0.05, 0.1) is 43.0 Å². The molecular formula is C45H68O10Si. The predicted octanol–water partition coefficient (Wildman–Crippen LogP) is 8.57. The van der Waals surface area contributed by atoms with Crippen molar-refractivity contribution < 1.29 is 47.9 Å². The predicted molar refractivity (Wildman–Crippen MR) is 220 cm³/mol. The molecule has 0 unspecified atom stereocenters. The number of hydrogen-bond acceptors (Lipinski definition) is 10. The number of unbranched alkanes of at least 4 members (excludes halogenated alkanes) is 1. The molecular weight excluding hydrogens is 729 g/mol. The number of aliphatic hydroxyl groups excluding tert-OH is 1. The van der Waals surface area contributed by atoms with Gasteiger partial charge in [0.1, 0.15) is 6.79 Å². The van der Waals surface area contributed by atoms with Crippen molar-refractivity contribution in [3.05, 3.63) is 83.5 Å². The van der Waals surface area contributed by atoms with Crippen LogP contribution in [0.25, 0.3) is 0 Å². The first-order chi connectivity index (χ1) is 26.7. The minimum atomic E-state index is -1.30. The highest BCUT2D eigenvalue weighted by Gasteiger charge is 2.58. The van der Waals surface area contributed by atoms with Crippen LogP contribution in [0.4, 0.5) is 0 Å². The molecule has 0 bridgehead atoms. The molecule has 1 aromatic carbocycles. The SMILES string of the molecule is COCO[C@@H](/C(=C/CCC[C@@H](C)O)C(=O)OC)[C@@H](C)/C=C/C=C/[C@H]1C(C)=C[C@H]2[C@@H]3O[C@H](c4ccccc4)OC[C@H]3CC[C@@H]2[C@@]1(C)C(=O)OCOCC[Si](C)(C)C. The van der Waals surface area contributed by atoms with E-state index in [1.54, 1.807) is 14.0 Å².